The first-order valence-electron chi connectivity index (χ1n) is 13.0. The summed E-state index contributed by atoms with van der Waals surface area (Å²) in [6, 6.07) is 6.17. The van der Waals surface area contributed by atoms with Gasteiger partial charge in [0.05, 0.1) is 45.5 Å². The highest BCUT2D eigenvalue weighted by Crippen LogP contribution is 2.47. The average molecular weight is 536 g/mol. The lowest BCUT2D eigenvalue weighted by Gasteiger charge is -2.49. The Bertz CT molecular complexity index is 1510. The van der Waals surface area contributed by atoms with Crippen molar-refractivity contribution in [1.29, 1.82) is 0 Å². The van der Waals surface area contributed by atoms with E-state index in [0.717, 1.165) is 48.0 Å². The van der Waals surface area contributed by atoms with Crippen LogP contribution >= 0.6 is 11.6 Å². The molecule has 0 saturated heterocycles. The van der Waals surface area contributed by atoms with Crippen LogP contribution in [0.15, 0.2) is 54.0 Å². The lowest BCUT2D eigenvalue weighted by atomic mass is 9.61. The maximum absolute atomic E-state index is 13.9. The van der Waals surface area contributed by atoms with Crippen LogP contribution < -0.4 is 11.1 Å². The molecular formula is C28H31ClFN7O. The lowest BCUT2D eigenvalue weighted by Crippen LogP contribution is -2.50. The predicted octanol–water partition coefficient (Wildman–Crippen LogP) is 5.54. The van der Waals surface area contributed by atoms with Gasteiger partial charge in [0.2, 0.25) is 0 Å². The van der Waals surface area contributed by atoms with Gasteiger partial charge in [0.25, 0.3) is 0 Å². The monoisotopic (exact) mass is 535 g/mol. The fourth-order valence-electron chi connectivity index (χ4n) is 6.61. The van der Waals surface area contributed by atoms with E-state index in [4.69, 9.17) is 17.3 Å². The summed E-state index contributed by atoms with van der Waals surface area (Å²) in [7, 11) is 0. The van der Waals surface area contributed by atoms with Crippen LogP contribution in [0.5, 0.6) is 0 Å². The maximum Gasteiger partial charge on any atom is 0.135 e. The third-order valence-electron chi connectivity index (χ3n) is 8.10. The molecule has 8 nitrogen and oxygen atoms in total. The summed E-state index contributed by atoms with van der Waals surface area (Å²) in [6.07, 6.45) is 10.9. The molecule has 1 aromatic carbocycles. The number of hydrogen-bond acceptors (Lipinski definition) is 5. The predicted molar refractivity (Wildman–Crippen MR) is 147 cm³/mol. The molecular weight excluding hydrogens is 505 g/mol. The summed E-state index contributed by atoms with van der Waals surface area (Å²) < 4.78 is 15.7. The van der Waals surface area contributed by atoms with E-state index in [1.165, 1.54) is 18.2 Å². The zero-order valence-corrected chi connectivity index (χ0v) is 22.1. The van der Waals surface area contributed by atoms with E-state index < -0.39 is 11.4 Å². The molecule has 6 rings (SSSR count). The minimum Gasteiger partial charge on any atom is -0.390 e. The molecule has 2 saturated carbocycles. The Balaban J connectivity index is 1.46. The number of nitrogens with two attached hydrogens (primary N) is 1. The van der Waals surface area contributed by atoms with Gasteiger partial charge in [-0.05, 0) is 68.6 Å². The second kappa shape index (κ2) is 9.39. The molecule has 198 valence electrons. The number of H-pyrrole nitrogens is 1. The third kappa shape index (κ3) is 4.65. The van der Waals surface area contributed by atoms with E-state index in [9.17, 15) is 9.50 Å². The fraction of sp³-hybridized carbons (Fsp3) is 0.393. The van der Waals surface area contributed by atoms with Crippen LogP contribution in [0.3, 0.4) is 0 Å². The van der Waals surface area contributed by atoms with Crippen molar-refractivity contribution in [2.24, 2.45) is 28.5 Å². The number of nitrogens with zero attached hydrogens (tertiary/aromatic N) is 4. The number of aliphatic hydroxyl groups is 1. The third-order valence-corrected chi connectivity index (χ3v) is 8.42. The van der Waals surface area contributed by atoms with E-state index in [0.29, 0.717) is 28.3 Å². The Morgan fingerprint density at radius 3 is 2.89 bits per heavy atom. The van der Waals surface area contributed by atoms with Crippen LogP contribution in [0.4, 0.5) is 15.8 Å². The molecule has 4 aromatic rings. The summed E-state index contributed by atoms with van der Waals surface area (Å²) >= 11 is 6.29. The van der Waals surface area contributed by atoms with E-state index in [2.05, 4.69) is 32.5 Å². The molecule has 5 N–H and O–H groups in total. The molecule has 0 aliphatic heterocycles. The molecule has 2 aliphatic rings. The quantitative estimate of drug-likeness (QED) is 0.198. The van der Waals surface area contributed by atoms with Crippen LogP contribution in [-0.2, 0) is 0 Å². The summed E-state index contributed by atoms with van der Waals surface area (Å²) in [5, 5.41) is 26.6. The normalized spacial score (nSPS) is 27.6. The van der Waals surface area contributed by atoms with Crippen molar-refractivity contribution < 1.29 is 9.50 Å². The van der Waals surface area contributed by atoms with Crippen LogP contribution in [0.1, 0.15) is 45.1 Å². The molecule has 5 unspecified atom stereocenters. The summed E-state index contributed by atoms with van der Waals surface area (Å²) in [5.74, 6) is 0.969. The number of aliphatic imine (C=N–C) groups is 1. The molecule has 0 amide bonds. The van der Waals surface area contributed by atoms with Crippen LogP contribution in [0.2, 0.25) is 5.02 Å². The van der Waals surface area contributed by atoms with Crippen LogP contribution in [-0.4, -0.2) is 42.4 Å². The number of fused-ring (bicyclic) bond motifs is 3. The number of rotatable bonds is 5. The molecule has 3 heterocycles. The molecule has 2 fully saturated rings. The molecule has 2 bridgehead atoms. The Morgan fingerprint density at radius 1 is 1.26 bits per heavy atom. The van der Waals surface area contributed by atoms with Gasteiger partial charge in [-0.2, -0.15) is 10.2 Å². The summed E-state index contributed by atoms with van der Waals surface area (Å²) in [5.41, 5.74) is 10.3. The van der Waals surface area contributed by atoms with Crippen molar-refractivity contribution in [3.63, 3.8) is 0 Å². The average Bonchev–Trinajstić information content (AvgIpc) is 3.53. The number of hydrogen-bond donors (Lipinski definition) is 4. The smallest absolute Gasteiger partial charge is 0.135 e. The number of halogens is 2. The zero-order valence-electron chi connectivity index (χ0n) is 21.3. The highest BCUT2D eigenvalue weighted by atomic mass is 35.5. The highest BCUT2D eigenvalue weighted by Gasteiger charge is 2.45. The Hall–Kier alpha value is -3.43. The van der Waals surface area contributed by atoms with Gasteiger partial charge in [0.1, 0.15) is 11.7 Å². The maximum atomic E-state index is 13.9. The molecule has 0 radical (unpaired) electrons. The number of nitrogens with one attached hydrogen (secondary N) is 2. The number of amidine groups is 1. The first-order chi connectivity index (χ1) is 18.2. The van der Waals surface area contributed by atoms with Crippen molar-refractivity contribution in [2.75, 3.05) is 5.32 Å². The van der Waals surface area contributed by atoms with E-state index in [1.807, 2.05) is 29.9 Å². The van der Waals surface area contributed by atoms with E-state index >= 15 is 0 Å². The number of aromatic nitrogens is 4. The molecule has 3 aromatic heterocycles. The first kappa shape index (κ1) is 24.9. The van der Waals surface area contributed by atoms with Crippen molar-refractivity contribution in [3.05, 3.63) is 65.5 Å². The van der Waals surface area contributed by atoms with Gasteiger partial charge in [0, 0.05) is 35.6 Å². The standard InChI is InChI=1S/C28H31ClFN7O/c1-15-5-16-6-17(10-28(2,38)9-16)25(15)36-26-21(27(31)35-23-8-20(30)3-4-22(23)29)13-34-37-14-18(7-24(26)37)19-11-32-33-12-19/h3-4,7-8,11-17,25,36,38H,5-6,9-10H2,1-2H3,(H2,31,35)(H,32,33). The van der Waals surface area contributed by atoms with Gasteiger partial charge in [-0.15, -0.1) is 0 Å². The second-order valence-electron chi connectivity index (χ2n) is 11.2. The van der Waals surface area contributed by atoms with Gasteiger partial charge in [-0.1, -0.05) is 18.5 Å². The van der Waals surface area contributed by atoms with E-state index in [-0.39, 0.29) is 17.6 Å². The molecule has 5 atom stereocenters. The molecule has 38 heavy (non-hydrogen) atoms. The Kier molecular flexibility index (Phi) is 6.15. The van der Waals surface area contributed by atoms with Crippen molar-refractivity contribution in [2.45, 2.75) is 51.2 Å². The Labute approximate surface area is 225 Å². The topological polar surface area (TPSA) is 117 Å². The molecule has 2 aliphatic carbocycles. The molecule has 10 heteroatoms. The lowest BCUT2D eigenvalue weighted by molar-refractivity contribution is -0.0501. The Morgan fingerprint density at radius 2 is 2.11 bits per heavy atom. The van der Waals surface area contributed by atoms with Gasteiger partial charge in [0.15, 0.2) is 0 Å². The first-order valence-corrected chi connectivity index (χ1v) is 13.3. The largest absolute Gasteiger partial charge is 0.390 e. The second-order valence-corrected chi connectivity index (χ2v) is 11.6. The summed E-state index contributed by atoms with van der Waals surface area (Å²) in [4.78, 5) is 4.49. The minimum atomic E-state index is -0.665. The van der Waals surface area contributed by atoms with Crippen molar-refractivity contribution >= 4 is 34.3 Å². The van der Waals surface area contributed by atoms with Gasteiger partial charge in [-0.25, -0.2) is 13.9 Å². The number of aromatic amines is 1. The summed E-state index contributed by atoms with van der Waals surface area (Å²) in [6.45, 7) is 4.22. The van der Waals surface area contributed by atoms with Crippen LogP contribution in [0.25, 0.3) is 16.6 Å². The zero-order chi connectivity index (χ0) is 26.6. The van der Waals surface area contributed by atoms with E-state index in [1.54, 1.807) is 12.4 Å². The molecule has 0 spiro atoms. The highest BCUT2D eigenvalue weighted by molar-refractivity contribution is 6.33. The fourth-order valence-corrected chi connectivity index (χ4v) is 6.77. The van der Waals surface area contributed by atoms with Crippen molar-refractivity contribution in [1.82, 2.24) is 19.8 Å². The van der Waals surface area contributed by atoms with Gasteiger partial charge in [-0.3, -0.25) is 5.10 Å². The van der Waals surface area contributed by atoms with Crippen molar-refractivity contribution in [3.8, 4) is 11.1 Å². The number of anilines is 1. The van der Waals surface area contributed by atoms with Crippen LogP contribution in [0, 0.1) is 23.6 Å². The van der Waals surface area contributed by atoms with Gasteiger partial charge >= 0.3 is 0 Å². The van der Waals surface area contributed by atoms with Gasteiger partial charge < -0.3 is 16.2 Å². The number of benzene rings is 1. The SMILES string of the molecule is CC1CC2CC(CC(C)(O)C2)C1Nc1c(C(N)=Nc2cc(F)ccc2Cl)cnn2cc(-c3cn[nH]c3)cc12. The minimum absolute atomic E-state index is 0.126.